The zero-order valence-electron chi connectivity index (χ0n) is 15.2. The molecule has 4 aromatic rings. The van der Waals surface area contributed by atoms with Crippen molar-refractivity contribution in [2.24, 2.45) is 0 Å². The van der Waals surface area contributed by atoms with Gasteiger partial charge in [-0.2, -0.15) is 0 Å². The number of carbonyl (C=O) groups is 1. The van der Waals surface area contributed by atoms with Gasteiger partial charge in [0.25, 0.3) is 10.0 Å². The Hall–Kier alpha value is -3.72. The molecule has 9 heteroatoms. The summed E-state index contributed by atoms with van der Waals surface area (Å²) in [4.78, 5) is 20.7. The van der Waals surface area contributed by atoms with E-state index in [0.717, 1.165) is 5.65 Å². The molecule has 4 rings (SSSR count). The molecule has 0 radical (unpaired) electrons. The molecule has 29 heavy (non-hydrogen) atoms. The van der Waals surface area contributed by atoms with Gasteiger partial charge in [-0.15, -0.1) is 0 Å². The molecule has 8 nitrogen and oxygen atoms in total. The topological polar surface area (TPSA) is 105 Å². The third-order valence-corrected chi connectivity index (χ3v) is 5.48. The second-order valence-electron chi connectivity index (χ2n) is 6.27. The van der Waals surface area contributed by atoms with Gasteiger partial charge in [0.15, 0.2) is 0 Å². The molecular weight excluding hydrogens is 390 g/mol. The fourth-order valence-electron chi connectivity index (χ4n) is 2.78. The van der Waals surface area contributed by atoms with Crippen molar-refractivity contribution in [3.63, 3.8) is 0 Å². The molecule has 0 saturated heterocycles. The van der Waals surface area contributed by atoms with Gasteiger partial charge >= 0.3 is 0 Å². The summed E-state index contributed by atoms with van der Waals surface area (Å²) in [7, 11) is -3.76. The largest absolute Gasteiger partial charge is 0.326 e. The van der Waals surface area contributed by atoms with Crippen LogP contribution in [-0.2, 0) is 21.2 Å². The molecule has 2 N–H and O–H groups in total. The van der Waals surface area contributed by atoms with E-state index in [0.29, 0.717) is 11.4 Å². The number of fused-ring (bicyclic) bond motifs is 1. The normalized spacial score (nSPS) is 11.3. The quantitative estimate of drug-likeness (QED) is 0.511. The number of amides is 1. The van der Waals surface area contributed by atoms with Crippen LogP contribution in [0.2, 0.25) is 0 Å². The fourth-order valence-corrected chi connectivity index (χ4v) is 3.79. The summed E-state index contributed by atoms with van der Waals surface area (Å²) >= 11 is 0. The van der Waals surface area contributed by atoms with Crippen molar-refractivity contribution >= 4 is 33.1 Å². The Bertz CT molecular complexity index is 1220. The molecular formula is C20H17N5O3S. The van der Waals surface area contributed by atoms with E-state index in [1.54, 1.807) is 24.4 Å². The number of imidazole rings is 1. The van der Waals surface area contributed by atoms with Crippen molar-refractivity contribution in [2.45, 2.75) is 11.3 Å². The van der Waals surface area contributed by atoms with Gasteiger partial charge in [0.05, 0.1) is 17.0 Å². The number of hydrogen-bond donors (Lipinski definition) is 2. The molecule has 0 saturated carbocycles. The summed E-state index contributed by atoms with van der Waals surface area (Å²) in [5.74, 6) is -0.00652. The Kier molecular flexibility index (Phi) is 4.96. The number of sulfonamides is 1. The number of hydrogen-bond acceptors (Lipinski definition) is 5. The van der Waals surface area contributed by atoms with Crippen LogP contribution in [-0.4, -0.2) is 28.7 Å². The van der Waals surface area contributed by atoms with Crippen LogP contribution in [0.25, 0.3) is 5.65 Å². The fraction of sp³-hybridized carbons (Fsp3) is 0.0500. The van der Waals surface area contributed by atoms with Gasteiger partial charge in [-0.05, 0) is 48.5 Å². The Morgan fingerprint density at radius 2 is 1.79 bits per heavy atom. The molecule has 0 bridgehead atoms. The number of carbonyl (C=O) groups excluding carboxylic acids is 1. The van der Waals surface area contributed by atoms with E-state index in [9.17, 15) is 13.2 Å². The van der Waals surface area contributed by atoms with Gasteiger partial charge in [-0.3, -0.25) is 9.52 Å². The minimum absolute atomic E-state index is 0.0708. The number of rotatable bonds is 6. The van der Waals surface area contributed by atoms with Crippen LogP contribution in [0.3, 0.4) is 0 Å². The predicted octanol–water partition coefficient (Wildman–Crippen LogP) is 2.71. The van der Waals surface area contributed by atoms with E-state index in [2.05, 4.69) is 20.0 Å². The first-order chi connectivity index (χ1) is 14.0. The summed E-state index contributed by atoms with van der Waals surface area (Å²) in [6, 6.07) is 16.5. The highest BCUT2D eigenvalue weighted by atomic mass is 32.2. The SMILES string of the molecule is O=C(Cc1cn2ccccc2n1)Nc1ccc(S(=O)(=O)Nc2ccccn2)cc1. The van der Waals surface area contributed by atoms with Crippen LogP contribution in [0.5, 0.6) is 0 Å². The average Bonchev–Trinajstić information content (AvgIpc) is 3.11. The zero-order chi connectivity index (χ0) is 20.3. The molecule has 1 aromatic carbocycles. The summed E-state index contributed by atoms with van der Waals surface area (Å²) in [5.41, 5.74) is 1.91. The lowest BCUT2D eigenvalue weighted by Gasteiger charge is -2.08. The zero-order valence-corrected chi connectivity index (χ0v) is 16.0. The average molecular weight is 407 g/mol. The number of anilines is 2. The standard InChI is InChI=1S/C20H17N5O3S/c26-20(13-16-14-25-12-4-2-6-19(25)22-16)23-15-7-9-17(10-8-15)29(27,28)24-18-5-1-3-11-21-18/h1-12,14H,13H2,(H,21,24)(H,23,26). The highest BCUT2D eigenvalue weighted by molar-refractivity contribution is 7.92. The first-order valence-electron chi connectivity index (χ1n) is 8.76. The van der Waals surface area contributed by atoms with Crippen molar-refractivity contribution < 1.29 is 13.2 Å². The highest BCUT2D eigenvalue weighted by Crippen LogP contribution is 2.17. The predicted molar refractivity (Wildman–Crippen MR) is 109 cm³/mol. The molecule has 0 aliphatic carbocycles. The Morgan fingerprint density at radius 3 is 2.52 bits per heavy atom. The maximum atomic E-state index is 12.4. The monoisotopic (exact) mass is 407 g/mol. The van der Waals surface area contributed by atoms with E-state index < -0.39 is 10.0 Å². The minimum Gasteiger partial charge on any atom is -0.326 e. The molecule has 3 aromatic heterocycles. The third-order valence-electron chi connectivity index (χ3n) is 4.11. The van der Waals surface area contributed by atoms with Crippen LogP contribution >= 0.6 is 0 Å². The molecule has 0 fully saturated rings. The molecule has 0 unspecified atom stereocenters. The van der Waals surface area contributed by atoms with E-state index >= 15 is 0 Å². The number of aromatic nitrogens is 3. The summed E-state index contributed by atoms with van der Waals surface area (Å²) < 4.78 is 29.1. The minimum atomic E-state index is -3.76. The number of pyridine rings is 2. The lowest BCUT2D eigenvalue weighted by molar-refractivity contribution is -0.115. The molecule has 3 heterocycles. The van der Waals surface area contributed by atoms with Gasteiger partial charge in [0, 0.05) is 24.3 Å². The van der Waals surface area contributed by atoms with Crippen molar-refractivity contribution in [3.05, 3.63) is 84.9 Å². The number of benzene rings is 1. The van der Waals surface area contributed by atoms with Crippen molar-refractivity contribution in [2.75, 3.05) is 10.0 Å². The smallest absolute Gasteiger partial charge is 0.263 e. The summed E-state index contributed by atoms with van der Waals surface area (Å²) in [5, 5.41) is 2.75. The molecule has 146 valence electrons. The first kappa shape index (κ1) is 18.6. The third kappa shape index (κ3) is 4.41. The van der Waals surface area contributed by atoms with Crippen molar-refractivity contribution in [1.29, 1.82) is 0 Å². The van der Waals surface area contributed by atoms with Crippen molar-refractivity contribution in [3.8, 4) is 0 Å². The molecule has 1 amide bonds. The molecule has 0 aliphatic rings. The van der Waals surface area contributed by atoms with Crippen LogP contribution in [0.15, 0.2) is 84.1 Å². The number of nitrogens with zero attached hydrogens (tertiary/aromatic N) is 3. The Balaban J connectivity index is 1.41. The Morgan fingerprint density at radius 1 is 1.00 bits per heavy atom. The summed E-state index contributed by atoms with van der Waals surface area (Å²) in [6.45, 7) is 0. The summed E-state index contributed by atoms with van der Waals surface area (Å²) in [6.07, 6.45) is 5.28. The van der Waals surface area contributed by atoms with E-state index in [4.69, 9.17) is 0 Å². The lowest BCUT2D eigenvalue weighted by Crippen LogP contribution is -2.16. The van der Waals surface area contributed by atoms with Gasteiger partial charge in [-0.1, -0.05) is 12.1 Å². The van der Waals surface area contributed by atoms with Gasteiger partial charge in [-0.25, -0.2) is 18.4 Å². The highest BCUT2D eigenvalue weighted by Gasteiger charge is 2.15. The second-order valence-corrected chi connectivity index (χ2v) is 7.95. The maximum Gasteiger partial charge on any atom is 0.263 e. The second kappa shape index (κ2) is 7.72. The maximum absolute atomic E-state index is 12.4. The first-order valence-corrected chi connectivity index (χ1v) is 10.2. The molecule has 0 spiro atoms. The lowest BCUT2D eigenvalue weighted by atomic mass is 10.3. The molecule has 0 atom stereocenters. The van der Waals surface area contributed by atoms with E-state index in [1.807, 2.05) is 28.8 Å². The van der Waals surface area contributed by atoms with Crippen molar-refractivity contribution in [1.82, 2.24) is 14.4 Å². The van der Waals surface area contributed by atoms with E-state index in [1.165, 1.54) is 30.5 Å². The number of nitrogens with one attached hydrogen (secondary N) is 2. The van der Waals surface area contributed by atoms with Crippen LogP contribution < -0.4 is 10.0 Å². The molecule has 0 aliphatic heterocycles. The van der Waals surface area contributed by atoms with Crippen LogP contribution in [0, 0.1) is 0 Å². The van der Waals surface area contributed by atoms with Gasteiger partial charge in [0.1, 0.15) is 11.5 Å². The Labute approximate surface area is 167 Å². The van der Waals surface area contributed by atoms with E-state index in [-0.39, 0.29) is 23.0 Å². The van der Waals surface area contributed by atoms with Crippen LogP contribution in [0.1, 0.15) is 5.69 Å². The van der Waals surface area contributed by atoms with Gasteiger partial charge in [0.2, 0.25) is 5.91 Å². The van der Waals surface area contributed by atoms with Crippen LogP contribution in [0.4, 0.5) is 11.5 Å². The van der Waals surface area contributed by atoms with Gasteiger partial charge < -0.3 is 9.72 Å².